The van der Waals surface area contributed by atoms with Crippen molar-refractivity contribution in [2.45, 2.75) is 19.6 Å². The van der Waals surface area contributed by atoms with E-state index >= 15 is 0 Å². The zero-order valence-electron chi connectivity index (χ0n) is 9.44. The van der Waals surface area contributed by atoms with Crippen LogP contribution in [-0.2, 0) is 9.47 Å². The van der Waals surface area contributed by atoms with Crippen LogP contribution in [-0.4, -0.2) is 18.3 Å². The lowest BCUT2D eigenvalue weighted by Crippen LogP contribution is -2.56. The Hall–Kier alpha value is -2.10. The number of nitrogens with zero attached hydrogens (tertiary/aromatic N) is 3. The van der Waals surface area contributed by atoms with Gasteiger partial charge >= 0.3 is 0 Å². The van der Waals surface area contributed by atoms with Crippen LogP contribution in [0.3, 0.4) is 0 Å². The first kappa shape index (κ1) is 11.4. The van der Waals surface area contributed by atoms with Gasteiger partial charge in [0.1, 0.15) is 0 Å². The van der Waals surface area contributed by atoms with Crippen molar-refractivity contribution in [2.75, 3.05) is 6.61 Å². The van der Waals surface area contributed by atoms with Gasteiger partial charge < -0.3 is 9.47 Å². The van der Waals surface area contributed by atoms with Gasteiger partial charge in [-0.15, -0.1) is 0 Å². The van der Waals surface area contributed by atoms with Crippen molar-refractivity contribution in [3.8, 4) is 18.2 Å². The van der Waals surface area contributed by atoms with E-state index < -0.39 is 22.5 Å². The van der Waals surface area contributed by atoms with Crippen molar-refractivity contribution in [1.82, 2.24) is 0 Å². The van der Waals surface area contributed by atoms with Crippen molar-refractivity contribution in [2.24, 2.45) is 16.7 Å². The van der Waals surface area contributed by atoms with Crippen LogP contribution in [0.4, 0.5) is 0 Å². The molecule has 86 valence electrons. The van der Waals surface area contributed by atoms with Crippen LogP contribution in [0.25, 0.3) is 0 Å². The Kier molecular flexibility index (Phi) is 1.99. The molecule has 0 spiro atoms. The second-order valence-corrected chi connectivity index (χ2v) is 4.51. The zero-order valence-corrected chi connectivity index (χ0v) is 9.44. The highest BCUT2D eigenvalue weighted by Crippen LogP contribution is 2.59. The van der Waals surface area contributed by atoms with Gasteiger partial charge in [-0.3, -0.25) is 5.41 Å². The first-order chi connectivity index (χ1) is 7.92. The molecule has 2 saturated heterocycles. The first-order valence-corrected chi connectivity index (χ1v) is 5.08. The molecule has 6 heteroatoms. The minimum Gasteiger partial charge on any atom is -0.448 e. The molecule has 0 radical (unpaired) electrons. The van der Waals surface area contributed by atoms with E-state index in [0.717, 1.165) is 0 Å². The van der Waals surface area contributed by atoms with E-state index in [2.05, 4.69) is 0 Å². The van der Waals surface area contributed by atoms with Crippen molar-refractivity contribution < 1.29 is 9.47 Å². The van der Waals surface area contributed by atoms with Gasteiger partial charge in [0.05, 0.1) is 30.7 Å². The first-order valence-electron chi connectivity index (χ1n) is 5.08. The Morgan fingerprint density at radius 1 is 1.29 bits per heavy atom. The lowest BCUT2D eigenvalue weighted by molar-refractivity contribution is -0.230. The van der Waals surface area contributed by atoms with Crippen molar-refractivity contribution in [3.05, 3.63) is 0 Å². The summed E-state index contributed by atoms with van der Waals surface area (Å²) in [5, 5.41) is 35.7. The molecule has 17 heavy (non-hydrogen) atoms. The number of rotatable bonds is 0. The molecule has 0 aromatic heterocycles. The van der Waals surface area contributed by atoms with Gasteiger partial charge in [0.15, 0.2) is 10.8 Å². The Balaban J connectivity index is 2.74. The van der Waals surface area contributed by atoms with Crippen molar-refractivity contribution in [3.63, 3.8) is 0 Å². The van der Waals surface area contributed by atoms with E-state index in [4.69, 9.17) is 14.9 Å². The molecule has 0 aromatic carbocycles. The number of hydrogen-bond acceptors (Lipinski definition) is 6. The molecule has 2 fully saturated rings. The Morgan fingerprint density at radius 2 is 1.88 bits per heavy atom. The highest BCUT2D eigenvalue weighted by molar-refractivity contribution is 5.88. The van der Waals surface area contributed by atoms with Crippen LogP contribution < -0.4 is 0 Å². The standard InChI is InChI=1S/C11H10N4O2/c1-7-9(2)16-6-10(3-12,4-13)11(7,5-14)8(15)17-9/h7,15H,6H2,1-2H3/t7-,9-,11+/m1/s1. The third kappa shape index (κ3) is 0.934. The van der Waals surface area contributed by atoms with Gasteiger partial charge in [-0.25, -0.2) is 0 Å². The normalized spacial score (nSPS) is 41.8. The largest absolute Gasteiger partial charge is 0.448 e. The molecule has 3 atom stereocenters. The van der Waals surface area contributed by atoms with Crippen LogP contribution in [0, 0.1) is 56.2 Å². The maximum atomic E-state index is 9.39. The van der Waals surface area contributed by atoms with E-state index in [9.17, 15) is 15.8 Å². The molecular weight excluding hydrogens is 220 g/mol. The molecule has 6 nitrogen and oxygen atoms in total. The number of nitriles is 3. The minimum absolute atomic E-state index is 0.225. The number of fused-ring (bicyclic) bond motifs is 2. The Labute approximate surface area is 98.5 Å². The third-order valence-electron chi connectivity index (χ3n) is 3.91. The lowest BCUT2D eigenvalue weighted by atomic mass is 9.57. The van der Waals surface area contributed by atoms with E-state index in [0.29, 0.717) is 0 Å². The quantitative estimate of drug-likeness (QED) is 0.664. The van der Waals surface area contributed by atoms with Crippen LogP contribution in [0.5, 0.6) is 0 Å². The van der Waals surface area contributed by atoms with E-state index in [-0.39, 0.29) is 12.5 Å². The zero-order chi connectivity index (χ0) is 12.9. The van der Waals surface area contributed by atoms with Crippen LogP contribution in [0.2, 0.25) is 0 Å². The van der Waals surface area contributed by atoms with Gasteiger partial charge in [-0.1, -0.05) is 6.92 Å². The lowest BCUT2D eigenvalue weighted by Gasteiger charge is -2.42. The summed E-state index contributed by atoms with van der Waals surface area (Å²) < 4.78 is 10.7. The summed E-state index contributed by atoms with van der Waals surface area (Å²) in [7, 11) is 0. The van der Waals surface area contributed by atoms with E-state index in [1.807, 2.05) is 18.2 Å². The molecule has 0 aliphatic carbocycles. The number of nitrogens with one attached hydrogen (secondary N) is 1. The maximum absolute atomic E-state index is 9.39. The molecular formula is C11H10N4O2. The predicted molar refractivity (Wildman–Crippen MR) is 54.0 cm³/mol. The Bertz CT molecular complexity index is 509. The average molecular weight is 230 g/mol. The maximum Gasteiger partial charge on any atom is 0.214 e. The summed E-state index contributed by atoms with van der Waals surface area (Å²) in [6, 6.07) is 5.62. The molecule has 0 aromatic rings. The van der Waals surface area contributed by atoms with Crippen molar-refractivity contribution >= 4 is 5.90 Å². The van der Waals surface area contributed by atoms with Gasteiger partial charge in [0.2, 0.25) is 11.7 Å². The van der Waals surface area contributed by atoms with Crippen LogP contribution in [0.1, 0.15) is 13.8 Å². The van der Waals surface area contributed by atoms with Gasteiger partial charge in [0.25, 0.3) is 0 Å². The fourth-order valence-electron chi connectivity index (χ4n) is 2.55. The van der Waals surface area contributed by atoms with Crippen LogP contribution >= 0.6 is 0 Å². The van der Waals surface area contributed by atoms with Gasteiger partial charge in [0, 0.05) is 6.92 Å². The molecule has 2 bridgehead atoms. The SMILES string of the molecule is C[C@@H]1[C@]2(C)OCC(C#N)(C#N)[C@]1(C#N)C(=N)O2. The second kappa shape index (κ2) is 2.97. The Morgan fingerprint density at radius 3 is 2.35 bits per heavy atom. The summed E-state index contributed by atoms with van der Waals surface area (Å²) in [4.78, 5) is 0. The molecule has 0 unspecified atom stereocenters. The highest BCUT2D eigenvalue weighted by atomic mass is 16.7. The average Bonchev–Trinajstić information content (AvgIpc) is 2.46. The van der Waals surface area contributed by atoms with Crippen LogP contribution in [0.15, 0.2) is 0 Å². The summed E-state index contributed by atoms with van der Waals surface area (Å²) >= 11 is 0. The summed E-state index contributed by atoms with van der Waals surface area (Å²) in [5.74, 6) is -2.01. The summed E-state index contributed by atoms with van der Waals surface area (Å²) in [5.41, 5.74) is -3.24. The third-order valence-corrected chi connectivity index (χ3v) is 3.91. The summed E-state index contributed by atoms with van der Waals surface area (Å²) in [6.07, 6.45) is 0. The van der Waals surface area contributed by atoms with Gasteiger partial charge in [-0.05, 0) is 0 Å². The second-order valence-electron chi connectivity index (χ2n) is 4.51. The molecule has 0 amide bonds. The fraction of sp³-hybridized carbons (Fsp3) is 0.636. The molecule has 2 aliphatic rings. The van der Waals surface area contributed by atoms with Crippen molar-refractivity contribution in [1.29, 1.82) is 21.2 Å². The van der Waals surface area contributed by atoms with E-state index in [1.54, 1.807) is 13.8 Å². The molecule has 2 aliphatic heterocycles. The predicted octanol–water partition coefficient (Wildman–Crippen LogP) is 0.920. The molecule has 0 saturated carbocycles. The molecule has 2 heterocycles. The number of hydrogen-bond donors (Lipinski definition) is 1. The minimum atomic E-state index is -1.69. The number of ether oxygens (including phenoxy) is 2. The summed E-state index contributed by atoms with van der Waals surface area (Å²) in [6.45, 7) is 3.05. The highest BCUT2D eigenvalue weighted by Gasteiger charge is 2.74. The topological polar surface area (TPSA) is 114 Å². The smallest absolute Gasteiger partial charge is 0.214 e. The molecule has 2 rings (SSSR count). The van der Waals surface area contributed by atoms with E-state index in [1.165, 1.54) is 0 Å². The fourth-order valence-corrected chi connectivity index (χ4v) is 2.55. The van der Waals surface area contributed by atoms with Gasteiger partial charge in [-0.2, -0.15) is 15.8 Å². The monoisotopic (exact) mass is 230 g/mol. The molecule has 1 N–H and O–H groups in total.